The van der Waals surface area contributed by atoms with E-state index in [-0.39, 0.29) is 0 Å². The molecule has 0 aliphatic rings. The van der Waals surface area contributed by atoms with Gasteiger partial charge in [-0.25, -0.2) is 0 Å². The van der Waals surface area contributed by atoms with Gasteiger partial charge in [0, 0.05) is 5.56 Å². The summed E-state index contributed by atoms with van der Waals surface area (Å²) in [6.45, 7) is 2.11. The Hall–Kier alpha value is -0.690. The van der Waals surface area contributed by atoms with Crippen LogP contribution < -0.4 is 4.74 Å². The molecule has 0 aliphatic carbocycles. The maximum atomic E-state index is 5.76. The number of para-hydroxylation sites is 1. The smallest absolute Gasteiger partial charge is 0.126 e. The van der Waals surface area contributed by atoms with Crippen LogP contribution in [0.5, 0.6) is 5.75 Å². The molecule has 0 saturated heterocycles. The molecular weight excluding hydrogens is 172 g/mol. The number of halogens is 1. The van der Waals surface area contributed by atoms with Crippen molar-refractivity contribution in [3.8, 4) is 5.75 Å². The number of rotatable bonds is 3. The minimum absolute atomic E-state index is 0.511. The molecule has 1 nitrogen and oxygen atoms in total. The first-order chi connectivity index (χ1) is 5.83. The van der Waals surface area contributed by atoms with Gasteiger partial charge in [0.25, 0.3) is 0 Å². The second-order valence-corrected chi connectivity index (χ2v) is 2.86. The molecule has 0 unspecified atom stereocenters. The molecule has 2 heteroatoms. The van der Waals surface area contributed by atoms with Gasteiger partial charge in [-0.3, -0.25) is 0 Å². The predicted molar refractivity (Wildman–Crippen MR) is 51.9 cm³/mol. The third-order valence-corrected chi connectivity index (χ3v) is 2.20. The van der Waals surface area contributed by atoms with Crippen molar-refractivity contribution in [3.63, 3.8) is 0 Å². The fourth-order valence-corrected chi connectivity index (χ4v) is 1.49. The second kappa shape index (κ2) is 4.36. The lowest BCUT2D eigenvalue weighted by molar-refractivity contribution is 0.406. The molecule has 0 bridgehead atoms. The van der Waals surface area contributed by atoms with Gasteiger partial charge in [-0.05, 0) is 12.0 Å². The third-order valence-electron chi connectivity index (χ3n) is 1.91. The maximum Gasteiger partial charge on any atom is 0.126 e. The van der Waals surface area contributed by atoms with E-state index in [9.17, 15) is 0 Å². The molecule has 0 amide bonds. The van der Waals surface area contributed by atoms with Crippen LogP contribution in [0, 0.1) is 0 Å². The van der Waals surface area contributed by atoms with Gasteiger partial charge in [-0.15, -0.1) is 11.6 Å². The molecule has 0 saturated carbocycles. The van der Waals surface area contributed by atoms with Gasteiger partial charge in [0.15, 0.2) is 0 Å². The third kappa shape index (κ3) is 1.72. The van der Waals surface area contributed by atoms with Crippen LogP contribution in [-0.2, 0) is 12.3 Å². The standard InChI is InChI=1S/C10H13ClO/c1-3-8-5-4-6-9(7-11)10(8)12-2/h4-6H,3,7H2,1-2H3. The monoisotopic (exact) mass is 184 g/mol. The highest BCUT2D eigenvalue weighted by molar-refractivity contribution is 6.17. The van der Waals surface area contributed by atoms with Crippen LogP contribution in [0.25, 0.3) is 0 Å². The molecule has 66 valence electrons. The lowest BCUT2D eigenvalue weighted by Crippen LogP contribution is -1.94. The normalized spacial score (nSPS) is 9.92. The van der Waals surface area contributed by atoms with Crippen LogP contribution in [0.3, 0.4) is 0 Å². The Bertz CT molecular complexity index is 236. The van der Waals surface area contributed by atoms with Gasteiger partial charge in [0.05, 0.1) is 13.0 Å². The summed E-state index contributed by atoms with van der Waals surface area (Å²) in [7, 11) is 1.69. The van der Waals surface area contributed by atoms with E-state index in [0.717, 1.165) is 17.7 Å². The molecule has 0 spiro atoms. The zero-order valence-corrected chi connectivity index (χ0v) is 8.19. The van der Waals surface area contributed by atoms with E-state index < -0.39 is 0 Å². The molecule has 0 aliphatic heterocycles. The number of ether oxygens (including phenoxy) is 1. The lowest BCUT2D eigenvalue weighted by atomic mass is 10.1. The van der Waals surface area contributed by atoms with Crippen molar-refractivity contribution in [2.45, 2.75) is 19.2 Å². The van der Waals surface area contributed by atoms with Crippen LogP contribution in [0.1, 0.15) is 18.1 Å². The first-order valence-corrected chi connectivity index (χ1v) is 4.57. The zero-order valence-electron chi connectivity index (χ0n) is 7.43. The summed E-state index contributed by atoms with van der Waals surface area (Å²) in [5.74, 6) is 1.45. The highest BCUT2D eigenvalue weighted by Gasteiger charge is 2.05. The molecule has 0 fully saturated rings. The Kier molecular flexibility index (Phi) is 3.42. The van der Waals surface area contributed by atoms with Crippen molar-refractivity contribution in [2.24, 2.45) is 0 Å². The minimum Gasteiger partial charge on any atom is -0.496 e. The van der Waals surface area contributed by atoms with E-state index in [1.165, 1.54) is 5.56 Å². The van der Waals surface area contributed by atoms with Crippen LogP contribution in [0.2, 0.25) is 0 Å². The summed E-state index contributed by atoms with van der Waals surface area (Å²) in [5.41, 5.74) is 2.29. The zero-order chi connectivity index (χ0) is 8.97. The van der Waals surface area contributed by atoms with Crippen LogP contribution in [0.4, 0.5) is 0 Å². The summed E-state index contributed by atoms with van der Waals surface area (Å²) in [6, 6.07) is 6.07. The number of alkyl halides is 1. The molecule has 12 heavy (non-hydrogen) atoms. The highest BCUT2D eigenvalue weighted by Crippen LogP contribution is 2.25. The summed E-state index contributed by atoms with van der Waals surface area (Å²) in [4.78, 5) is 0. The van der Waals surface area contributed by atoms with E-state index in [4.69, 9.17) is 16.3 Å². The Morgan fingerprint density at radius 3 is 2.50 bits per heavy atom. The predicted octanol–water partition coefficient (Wildman–Crippen LogP) is 3.00. The Labute approximate surface area is 78.3 Å². The van der Waals surface area contributed by atoms with Gasteiger partial charge < -0.3 is 4.74 Å². The number of hydrogen-bond donors (Lipinski definition) is 0. The molecule has 0 heterocycles. The van der Waals surface area contributed by atoms with Crippen molar-refractivity contribution >= 4 is 11.6 Å². The summed E-state index contributed by atoms with van der Waals surface area (Å²) in [5, 5.41) is 0. The highest BCUT2D eigenvalue weighted by atomic mass is 35.5. The van der Waals surface area contributed by atoms with Gasteiger partial charge >= 0.3 is 0 Å². The molecule has 0 aromatic heterocycles. The van der Waals surface area contributed by atoms with Crippen LogP contribution in [0.15, 0.2) is 18.2 Å². The molecule has 0 atom stereocenters. The van der Waals surface area contributed by atoms with E-state index in [1.807, 2.05) is 12.1 Å². The van der Waals surface area contributed by atoms with Crippen molar-refractivity contribution in [3.05, 3.63) is 29.3 Å². The van der Waals surface area contributed by atoms with E-state index in [2.05, 4.69) is 13.0 Å². The average molecular weight is 185 g/mol. The van der Waals surface area contributed by atoms with Gasteiger partial charge in [0.2, 0.25) is 0 Å². The summed E-state index contributed by atoms with van der Waals surface area (Å²) < 4.78 is 5.27. The summed E-state index contributed by atoms with van der Waals surface area (Å²) >= 11 is 5.76. The molecule has 0 radical (unpaired) electrons. The Morgan fingerprint density at radius 2 is 2.00 bits per heavy atom. The minimum atomic E-state index is 0.511. The van der Waals surface area contributed by atoms with Crippen molar-refractivity contribution in [2.75, 3.05) is 7.11 Å². The average Bonchev–Trinajstić information content (AvgIpc) is 2.16. The molecule has 0 N–H and O–H groups in total. The lowest BCUT2D eigenvalue weighted by Gasteiger charge is -2.09. The Morgan fingerprint density at radius 1 is 1.33 bits per heavy atom. The SMILES string of the molecule is CCc1cccc(CCl)c1OC. The van der Waals surface area contributed by atoms with Gasteiger partial charge in [-0.2, -0.15) is 0 Å². The van der Waals surface area contributed by atoms with E-state index in [1.54, 1.807) is 7.11 Å². The fourth-order valence-electron chi connectivity index (χ4n) is 1.28. The quantitative estimate of drug-likeness (QED) is 0.657. The number of methoxy groups -OCH3 is 1. The molecular formula is C10H13ClO. The van der Waals surface area contributed by atoms with Crippen molar-refractivity contribution in [1.29, 1.82) is 0 Å². The maximum absolute atomic E-state index is 5.76. The second-order valence-electron chi connectivity index (χ2n) is 2.60. The number of hydrogen-bond acceptors (Lipinski definition) is 1. The Balaban J connectivity index is 3.13. The van der Waals surface area contributed by atoms with E-state index in [0.29, 0.717) is 5.88 Å². The molecule has 1 rings (SSSR count). The van der Waals surface area contributed by atoms with Gasteiger partial charge in [-0.1, -0.05) is 25.1 Å². The number of aryl methyl sites for hydroxylation is 1. The van der Waals surface area contributed by atoms with Crippen molar-refractivity contribution < 1.29 is 4.74 Å². The number of benzene rings is 1. The molecule has 1 aromatic rings. The largest absolute Gasteiger partial charge is 0.496 e. The van der Waals surface area contributed by atoms with Crippen molar-refractivity contribution in [1.82, 2.24) is 0 Å². The van der Waals surface area contributed by atoms with Crippen LogP contribution in [-0.4, -0.2) is 7.11 Å². The first-order valence-electron chi connectivity index (χ1n) is 4.04. The first kappa shape index (κ1) is 9.40. The molecule has 1 aromatic carbocycles. The van der Waals surface area contributed by atoms with Gasteiger partial charge in [0.1, 0.15) is 5.75 Å². The summed E-state index contributed by atoms with van der Waals surface area (Å²) in [6.07, 6.45) is 0.980. The van der Waals surface area contributed by atoms with E-state index >= 15 is 0 Å². The topological polar surface area (TPSA) is 9.23 Å². The fraction of sp³-hybridized carbons (Fsp3) is 0.400. The van der Waals surface area contributed by atoms with Crippen LogP contribution >= 0.6 is 11.6 Å².